The van der Waals surface area contributed by atoms with E-state index in [0.29, 0.717) is 13.2 Å². The van der Waals surface area contributed by atoms with Gasteiger partial charge in [0.2, 0.25) is 0 Å². The average Bonchev–Trinajstić information content (AvgIpc) is 2.47. The summed E-state index contributed by atoms with van der Waals surface area (Å²) in [6.07, 6.45) is 0. The fourth-order valence-electron chi connectivity index (χ4n) is 2.60. The number of carbonyl (C=O) groups is 1. The SMILES string of the molecule is CCOC(=O)C1CNCCN1C(C)c1cccc(Cl)c1. The quantitative estimate of drug-likeness (QED) is 0.865. The lowest BCUT2D eigenvalue weighted by Gasteiger charge is -2.38. The first-order chi connectivity index (χ1) is 9.63. The predicted molar refractivity (Wildman–Crippen MR) is 79.9 cm³/mol. The van der Waals surface area contributed by atoms with Gasteiger partial charge in [0.25, 0.3) is 0 Å². The van der Waals surface area contributed by atoms with Crippen molar-refractivity contribution in [1.29, 1.82) is 0 Å². The largest absolute Gasteiger partial charge is 0.465 e. The summed E-state index contributed by atoms with van der Waals surface area (Å²) in [5, 5.41) is 3.97. The number of carbonyl (C=O) groups excluding carboxylic acids is 1. The van der Waals surface area contributed by atoms with E-state index in [1.54, 1.807) is 0 Å². The van der Waals surface area contributed by atoms with Gasteiger partial charge in [-0.2, -0.15) is 0 Å². The second-order valence-corrected chi connectivity index (χ2v) is 5.38. The molecule has 0 amide bonds. The molecule has 1 heterocycles. The van der Waals surface area contributed by atoms with Crippen LogP contribution in [0.15, 0.2) is 24.3 Å². The van der Waals surface area contributed by atoms with Crippen LogP contribution >= 0.6 is 11.6 Å². The van der Waals surface area contributed by atoms with Crippen LogP contribution in [0.1, 0.15) is 25.5 Å². The molecule has 0 saturated carbocycles. The minimum atomic E-state index is -0.238. The summed E-state index contributed by atoms with van der Waals surface area (Å²) in [4.78, 5) is 14.3. The third-order valence-electron chi connectivity index (χ3n) is 3.67. The molecule has 4 nitrogen and oxygen atoms in total. The smallest absolute Gasteiger partial charge is 0.324 e. The normalized spacial score (nSPS) is 21.4. The number of halogens is 1. The van der Waals surface area contributed by atoms with Gasteiger partial charge in [-0.3, -0.25) is 9.69 Å². The van der Waals surface area contributed by atoms with E-state index in [1.165, 1.54) is 0 Å². The van der Waals surface area contributed by atoms with Crippen molar-refractivity contribution in [2.45, 2.75) is 25.9 Å². The maximum atomic E-state index is 12.1. The highest BCUT2D eigenvalue weighted by Gasteiger charge is 2.33. The third kappa shape index (κ3) is 3.51. The molecular formula is C15H21ClN2O2. The predicted octanol–water partition coefficient (Wildman–Crippen LogP) is 2.24. The van der Waals surface area contributed by atoms with Crippen LogP contribution in [-0.4, -0.2) is 43.2 Å². The van der Waals surface area contributed by atoms with E-state index < -0.39 is 0 Å². The van der Waals surface area contributed by atoms with Crippen molar-refractivity contribution < 1.29 is 9.53 Å². The summed E-state index contributed by atoms with van der Waals surface area (Å²) in [6.45, 7) is 6.67. The molecule has 110 valence electrons. The van der Waals surface area contributed by atoms with Gasteiger partial charge in [0.15, 0.2) is 0 Å². The van der Waals surface area contributed by atoms with Crippen molar-refractivity contribution in [2.75, 3.05) is 26.2 Å². The van der Waals surface area contributed by atoms with Crippen LogP contribution in [0, 0.1) is 0 Å². The van der Waals surface area contributed by atoms with Crippen molar-refractivity contribution in [3.05, 3.63) is 34.9 Å². The molecule has 2 rings (SSSR count). The standard InChI is InChI=1S/C15H21ClN2O2/c1-3-20-15(19)14-10-17-7-8-18(14)11(2)12-5-4-6-13(16)9-12/h4-6,9,11,14,17H,3,7-8,10H2,1-2H3. The number of hydrogen-bond acceptors (Lipinski definition) is 4. The second-order valence-electron chi connectivity index (χ2n) is 4.94. The van der Waals surface area contributed by atoms with E-state index in [-0.39, 0.29) is 18.1 Å². The van der Waals surface area contributed by atoms with Gasteiger partial charge in [0.05, 0.1) is 6.61 Å². The highest BCUT2D eigenvalue weighted by molar-refractivity contribution is 6.30. The number of piperazine rings is 1. The van der Waals surface area contributed by atoms with Gasteiger partial charge in [0, 0.05) is 30.7 Å². The Morgan fingerprint density at radius 2 is 2.40 bits per heavy atom. The van der Waals surface area contributed by atoms with E-state index >= 15 is 0 Å². The zero-order chi connectivity index (χ0) is 14.5. The van der Waals surface area contributed by atoms with Crippen LogP contribution in [0.5, 0.6) is 0 Å². The first-order valence-corrected chi connectivity index (χ1v) is 7.40. The lowest BCUT2D eigenvalue weighted by atomic mass is 10.0. The van der Waals surface area contributed by atoms with Gasteiger partial charge < -0.3 is 10.1 Å². The molecule has 1 aliphatic heterocycles. The highest BCUT2D eigenvalue weighted by Crippen LogP contribution is 2.25. The maximum Gasteiger partial charge on any atom is 0.324 e. The van der Waals surface area contributed by atoms with E-state index in [9.17, 15) is 4.79 Å². The molecule has 0 bridgehead atoms. The van der Waals surface area contributed by atoms with Gasteiger partial charge >= 0.3 is 5.97 Å². The van der Waals surface area contributed by atoms with Crippen molar-refractivity contribution >= 4 is 17.6 Å². The average molecular weight is 297 g/mol. The van der Waals surface area contributed by atoms with Gasteiger partial charge in [-0.05, 0) is 31.5 Å². The Morgan fingerprint density at radius 1 is 1.60 bits per heavy atom. The van der Waals surface area contributed by atoms with E-state index in [2.05, 4.69) is 17.1 Å². The lowest BCUT2D eigenvalue weighted by molar-refractivity contribution is -0.151. The zero-order valence-electron chi connectivity index (χ0n) is 11.9. The first-order valence-electron chi connectivity index (χ1n) is 7.02. The maximum absolute atomic E-state index is 12.1. The van der Waals surface area contributed by atoms with Crippen LogP contribution in [0.4, 0.5) is 0 Å². The summed E-state index contributed by atoms with van der Waals surface area (Å²) in [6, 6.07) is 7.69. The summed E-state index contributed by atoms with van der Waals surface area (Å²) < 4.78 is 5.17. The number of benzene rings is 1. The summed E-state index contributed by atoms with van der Waals surface area (Å²) in [7, 11) is 0. The Morgan fingerprint density at radius 3 is 3.10 bits per heavy atom. The number of ether oxygens (including phenoxy) is 1. The number of rotatable bonds is 4. The molecule has 1 aromatic rings. The minimum absolute atomic E-state index is 0.130. The molecule has 1 aromatic carbocycles. The lowest BCUT2D eigenvalue weighted by Crippen LogP contribution is -2.55. The van der Waals surface area contributed by atoms with E-state index in [0.717, 1.165) is 23.7 Å². The molecule has 2 atom stereocenters. The van der Waals surface area contributed by atoms with Crippen LogP contribution in [0.2, 0.25) is 5.02 Å². The van der Waals surface area contributed by atoms with Crippen molar-refractivity contribution in [2.24, 2.45) is 0 Å². The van der Waals surface area contributed by atoms with Gasteiger partial charge in [-0.15, -0.1) is 0 Å². The Hall–Kier alpha value is -1.10. The number of nitrogens with one attached hydrogen (secondary N) is 1. The molecule has 0 spiro atoms. The molecule has 0 radical (unpaired) electrons. The van der Waals surface area contributed by atoms with Crippen LogP contribution in [-0.2, 0) is 9.53 Å². The van der Waals surface area contributed by atoms with Crippen LogP contribution in [0.25, 0.3) is 0 Å². The van der Waals surface area contributed by atoms with Crippen molar-refractivity contribution in [3.8, 4) is 0 Å². The fourth-order valence-corrected chi connectivity index (χ4v) is 2.80. The van der Waals surface area contributed by atoms with E-state index in [4.69, 9.17) is 16.3 Å². The molecule has 1 N–H and O–H groups in total. The Bertz CT molecular complexity index is 467. The molecule has 1 saturated heterocycles. The third-order valence-corrected chi connectivity index (χ3v) is 3.91. The van der Waals surface area contributed by atoms with Gasteiger partial charge in [-0.1, -0.05) is 23.7 Å². The summed E-state index contributed by atoms with van der Waals surface area (Å²) in [5.41, 5.74) is 1.12. The zero-order valence-corrected chi connectivity index (χ0v) is 12.7. The molecule has 5 heteroatoms. The summed E-state index contributed by atoms with van der Waals surface area (Å²) in [5.74, 6) is -0.159. The molecule has 0 aliphatic carbocycles. The minimum Gasteiger partial charge on any atom is -0.465 e. The molecule has 1 fully saturated rings. The number of nitrogens with zero attached hydrogens (tertiary/aromatic N) is 1. The Labute approximate surface area is 125 Å². The van der Waals surface area contributed by atoms with Gasteiger partial charge in [-0.25, -0.2) is 0 Å². The monoisotopic (exact) mass is 296 g/mol. The second kappa shape index (κ2) is 7.07. The topological polar surface area (TPSA) is 41.6 Å². The Balaban J connectivity index is 2.16. The molecule has 0 aromatic heterocycles. The summed E-state index contributed by atoms with van der Waals surface area (Å²) >= 11 is 6.05. The van der Waals surface area contributed by atoms with Crippen LogP contribution < -0.4 is 5.32 Å². The van der Waals surface area contributed by atoms with Crippen LogP contribution in [0.3, 0.4) is 0 Å². The fraction of sp³-hybridized carbons (Fsp3) is 0.533. The molecule has 2 unspecified atom stereocenters. The first kappa shape index (κ1) is 15.3. The molecule has 1 aliphatic rings. The Kier molecular flexibility index (Phi) is 5.40. The van der Waals surface area contributed by atoms with Crippen molar-refractivity contribution in [3.63, 3.8) is 0 Å². The number of hydrogen-bond donors (Lipinski definition) is 1. The number of esters is 1. The van der Waals surface area contributed by atoms with Crippen molar-refractivity contribution in [1.82, 2.24) is 10.2 Å². The molecule has 20 heavy (non-hydrogen) atoms. The molecular weight excluding hydrogens is 276 g/mol. The highest BCUT2D eigenvalue weighted by atomic mass is 35.5. The van der Waals surface area contributed by atoms with Gasteiger partial charge in [0.1, 0.15) is 6.04 Å². The van der Waals surface area contributed by atoms with E-state index in [1.807, 2.05) is 31.2 Å².